The minimum absolute atomic E-state index is 0.0755. The predicted molar refractivity (Wildman–Crippen MR) is 96.2 cm³/mol. The molecule has 2 rings (SSSR count). The van der Waals surface area contributed by atoms with Crippen LogP contribution < -0.4 is 16.0 Å². The third-order valence-corrected chi connectivity index (χ3v) is 3.94. The van der Waals surface area contributed by atoms with Gasteiger partial charge in [-0.15, -0.1) is 0 Å². The molecule has 0 aliphatic carbocycles. The molecule has 0 unspecified atom stereocenters. The average Bonchev–Trinajstić information content (AvgIpc) is 3.10. The summed E-state index contributed by atoms with van der Waals surface area (Å²) in [7, 11) is 0. The van der Waals surface area contributed by atoms with Gasteiger partial charge in [-0.1, -0.05) is 43.7 Å². The Morgan fingerprint density at radius 3 is 2.56 bits per heavy atom. The quantitative estimate of drug-likeness (QED) is 0.722. The zero-order chi connectivity index (χ0) is 18.3. The van der Waals surface area contributed by atoms with Crippen LogP contribution in [0.5, 0.6) is 0 Å². The molecule has 0 aliphatic rings. The SMILES string of the molecule is Cc1cccc(C(C)(C)CNC(=O)CNC(=O)NCc2ccco2)c1. The highest BCUT2D eigenvalue weighted by atomic mass is 16.3. The number of hydrogen-bond donors (Lipinski definition) is 3. The van der Waals surface area contributed by atoms with E-state index in [4.69, 9.17) is 4.42 Å². The number of furan rings is 1. The minimum Gasteiger partial charge on any atom is -0.467 e. The Bertz CT molecular complexity index is 708. The highest BCUT2D eigenvalue weighted by molar-refractivity contribution is 5.83. The second kappa shape index (κ2) is 8.37. The molecule has 1 heterocycles. The average molecular weight is 343 g/mol. The van der Waals surface area contributed by atoms with Crippen molar-refractivity contribution in [2.45, 2.75) is 32.7 Å². The lowest BCUT2D eigenvalue weighted by atomic mass is 9.84. The first-order chi connectivity index (χ1) is 11.9. The first kappa shape index (κ1) is 18.6. The molecule has 6 nitrogen and oxygen atoms in total. The number of benzene rings is 1. The Morgan fingerprint density at radius 2 is 1.88 bits per heavy atom. The summed E-state index contributed by atoms with van der Waals surface area (Å²) in [6.07, 6.45) is 1.54. The highest BCUT2D eigenvalue weighted by Gasteiger charge is 2.21. The van der Waals surface area contributed by atoms with Crippen LogP contribution in [0.2, 0.25) is 0 Å². The van der Waals surface area contributed by atoms with Crippen molar-refractivity contribution >= 4 is 11.9 Å². The molecular weight excluding hydrogens is 318 g/mol. The van der Waals surface area contributed by atoms with Gasteiger partial charge in [-0.2, -0.15) is 0 Å². The molecule has 0 fully saturated rings. The topological polar surface area (TPSA) is 83.4 Å². The van der Waals surface area contributed by atoms with Crippen molar-refractivity contribution < 1.29 is 14.0 Å². The van der Waals surface area contributed by atoms with Gasteiger partial charge in [0.25, 0.3) is 0 Å². The molecule has 0 bridgehead atoms. The minimum atomic E-state index is -0.413. The molecule has 6 heteroatoms. The second-order valence-corrected chi connectivity index (χ2v) is 6.65. The summed E-state index contributed by atoms with van der Waals surface area (Å²) in [4.78, 5) is 23.6. The lowest BCUT2D eigenvalue weighted by Gasteiger charge is -2.26. The molecule has 0 atom stereocenters. The number of hydrogen-bond acceptors (Lipinski definition) is 3. The van der Waals surface area contributed by atoms with Crippen LogP contribution in [0.3, 0.4) is 0 Å². The van der Waals surface area contributed by atoms with E-state index in [9.17, 15) is 9.59 Å². The molecule has 0 aliphatic heterocycles. The van der Waals surface area contributed by atoms with Gasteiger partial charge in [-0.05, 0) is 24.6 Å². The number of urea groups is 1. The molecule has 0 radical (unpaired) electrons. The van der Waals surface area contributed by atoms with E-state index in [0.29, 0.717) is 12.3 Å². The van der Waals surface area contributed by atoms with Crippen molar-refractivity contribution in [2.75, 3.05) is 13.1 Å². The van der Waals surface area contributed by atoms with Crippen LogP contribution in [-0.4, -0.2) is 25.0 Å². The van der Waals surface area contributed by atoms with E-state index in [-0.39, 0.29) is 24.4 Å². The third-order valence-electron chi connectivity index (χ3n) is 3.94. The van der Waals surface area contributed by atoms with Gasteiger partial charge >= 0.3 is 6.03 Å². The normalized spacial score (nSPS) is 11.0. The highest BCUT2D eigenvalue weighted by Crippen LogP contribution is 2.22. The summed E-state index contributed by atoms with van der Waals surface area (Å²) in [6, 6.07) is 11.3. The van der Waals surface area contributed by atoms with Crippen molar-refractivity contribution in [3.8, 4) is 0 Å². The van der Waals surface area contributed by atoms with E-state index in [1.807, 2.05) is 19.1 Å². The molecule has 3 N–H and O–H groups in total. The van der Waals surface area contributed by atoms with Gasteiger partial charge in [-0.25, -0.2) is 4.79 Å². The van der Waals surface area contributed by atoms with E-state index in [2.05, 4.69) is 41.9 Å². The van der Waals surface area contributed by atoms with Gasteiger partial charge in [0.2, 0.25) is 5.91 Å². The standard InChI is InChI=1S/C19H25N3O3/c1-14-6-4-7-15(10-14)19(2,3)13-22-17(23)12-21-18(24)20-11-16-8-5-9-25-16/h4-10H,11-13H2,1-3H3,(H,22,23)(H2,20,21,24). The maximum atomic E-state index is 12.0. The molecule has 1 aromatic carbocycles. The zero-order valence-corrected chi connectivity index (χ0v) is 14.9. The molecular formula is C19H25N3O3. The molecule has 0 saturated heterocycles. The number of carbonyl (C=O) groups is 2. The Balaban J connectivity index is 1.71. The summed E-state index contributed by atoms with van der Waals surface area (Å²) in [5.74, 6) is 0.424. The molecule has 3 amide bonds. The van der Waals surface area contributed by atoms with Gasteiger partial charge < -0.3 is 20.4 Å². The van der Waals surface area contributed by atoms with E-state index >= 15 is 0 Å². The first-order valence-corrected chi connectivity index (χ1v) is 8.25. The largest absolute Gasteiger partial charge is 0.467 e. The van der Waals surface area contributed by atoms with Gasteiger partial charge in [-0.3, -0.25) is 4.79 Å². The van der Waals surface area contributed by atoms with Gasteiger partial charge in [0.1, 0.15) is 5.76 Å². The van der Waals surface area contributed by atoms with Crippen molar-refractivity contribution in [3.63, 3.8) is 0 Å². The van der Waals surface area contributed by atoms with Crippen molar-refractivity contribution in [3.05, 3.63) is 59.5 Å². The van der Waals surface area contributed by atoms with E-state index in [0.717, 1.165) is 5.56 Å². The molecule has 0 spiro atoms. The molecule has 0 saturated carbocycles. The molecule has 134 valence electrons. The lowest BCUT2D eigenvalue weighted by molar-refractivity contribution is -0.120. The van der Waals surface area contributed by atoms with E-state index < -0.39 is 6.03 Å². The fourth-order valence-corrected chi connectivity index (χ4v) is 2.35. The number of amides is 3. The van der Waals surface area contributed by atoms with Crippen molar-refractivity contribution in [2.24, 2.45) is 0 Å². The van der Waals surface area contributed by atoms with Crippen molar-refractivity contribution in [1.82, 2.24) is 16.0 Å². The smallest absolute Gasteiger partial charge is 0.315 e. The van der Waals surface area contributed by atoms with E-state index in [1.54, 1.807) is 18.4 Å². The van der Waals surface area contributed by atoms with Crippen LogP contribution >= 0.6 is 0 Å². The summed E-state index contributed by atoms with van der Waals surface area (Å²) in [6.45, 7) is 6.89. The Morgan fingerprint density at radius 1 is 1.08 bits per heavy atom. The maximum absolute atomic E-state index is 12.0. The van der Waals surface area contributed by atoms with Gasteiger partial charge in [0.05, 0.1) is 19.4 Å². The maximum Gasteiger partial charge on any atom is 0.315 e. The van der Waals surface area contributed by atoms with Crippen LogP contribution in [0, 0.1) is 6.92 Å². The number of rotatable bonds is 7. The van der Waals surface area contributed by atoms with Crippen molar-refractivity contribution in [1.29, 1.82) is 0 Å². The Hall–Kier alpha value is -2.76. The molecule has 1 aromatic heterocycles. The molecule has 2 aromatic rings. The summed E-state index contributed by atoms with van der Waals surface area (Å²) in [5.41, 5.74) is 2.16. The Labute approximate surface area is 148 Å². The van der Waals surface area contributed by atoms with Gasteiger partial charge in [0, 0.05) is 12.0 Å². The number of nitrogens with one attached hydrogen (secondary N) is 3. The summed E-state index contributed by atoms with van der Waals surface area (Å²) < 4.78 is 5.11. The van der Waals surface area contributed by atoms with E-state index in [1.165, 1.54) is 5.56 Å². The van der Waals surface area contributed by atoms with Crippen LogP contribution in [0.25, 0.3) is 0 Å². The fourth-order valence-electron chi connectivity index (χ4n) is 2.35. The Kier molecular flexibility index (Phi) is 6.22. The second-order valence-electron chi connectivity index (χ2n) is 6.65. The monoisotopic (exact) mass is 343 g/mol. The zero-order valence-electron chi connectivity index (χ0n) is 14.9. The number of aryl methyl sites for hydroxylation is 1. The van der Waals surface area contributed by atoms with Crippen LogP contribution in [0.15, 0.2) is 47.1 Å². The predicted octanol–water partition coefficient (Wildman–Crippen LogP) is 2.48. The first-order valence-electron chi connectivity index (χ1n) is 8.25. The van der Waals surface area contributed by atoms with Crippen LogP contribution in [0.1, 0.15) is 30.7 Å². The third kappa shape index (κ3) is 5.99. The summed E-state index contributed by atoms with van der Waals surface area (Å²) >= 11 is 0. The van der Waals surface area contributed by atoms with Crippen LogP contribution in [-0.2, 0) is 16.8 Å². The molecule has 25 heavy (non-hydrogen) atoms. The fraction of sp³-hybridized carbons (Fsp3) is 0.368. The van der Waals surface area contributed by atoms with Gasteiger partial charge in [0.15, 0.2) is 0 Å². The summed E-state index contributed by atoms with van der Waals surface area (Å²) in [5, 5.41) is 8.01. The lowest BCUT2D eigenvalue weighted by Crippen LogP contribution is -2.44. The number of carbonyl (C=O) groups excluding carboxylic acids is 2. The van der Waals surface area contributed by atoms with Crippen LogP contribution in [0.4, 0.5) is 4.79 Å².